The summed E-state index contributed by atoms with van der Waals surface area (Å²) in [4.78, 5) is 24.7. The van der Waals surface area contributed by atoms with Crippen LogP contribution in [-0.2, 0) is 6.54 Å². The summed E-state index contributed by atoms with van der Waals surface area (Å²) in [7, 11) is 0. The molecular formula is C19H20N4O3. The summed E-state index contributed by atoms with van der Waals surface area (Å²) in [6.07, 6.45) is 0.857. The molecule has 0 radical (unpaired) electrons. The van der Waals surface area contributed by atoms with Gasteiger partial charge in [0.1, 0.15) is 11.5 Å². The van der Waals surface area contributed by atoms with Crippen molar-refractivity contribution in [1.82, 2.24) is 15.0 Å². The Bertz CT molecular complexity index is 1000. The Labute approximate surface area is 150 Å². The Morgan fingerprint density at radius 2 is 2.15 bits per heavy atom. The van der Waals surface area contributed by atoms with E-state index in [9.17, 15) is 9.59 Å². The molecule has 0 saturated heterocycles. The van der Waals surface area contributed by atoms with E-state index >= 15 is 0 Å². The molecule has 2 N–H and O–H groups in total. The predicted octanol–water partition coefficient (Wildman–Crippen LogP) is 3.14. The third-order valence-electron chi connectivity index (χ3n) is 4.58. The number of benzene rings is 1. The fourth-order valence-electron chi connectivity index (χ4n) is 3.16. The van der Waals surface area contributed by atoms with Crippen molar-refractivity contribution in [2.45, 2.75) is 32.7 Å². The number of carbonyl (C=O) groups excluding carboxylic acids is 2. The second kappa shape index (κ2) is 6.33. The van der Waals surface area contributed by atoms with Crippen molar-refractivity contribution in [3.05, 3.63) is 47.3 Å². The standard InChI is InChI=1S/C19H20N4O3/c1-11(2)16-10-17(22-26-16)21-18(24)13-5-4-12-8-15-19(25)20-6-3-7-23(15)14(12)9-13/h4-5,8-11H,3,6-7H2,1-2H3,(H,20,25)(H,21,22,24). The van der Waals surface area contributed by atoms with Gasteiger partial charge in [-0.25, -0.2) is 0 Å². The van der Waals surface area contributed by atoms with Crippen molar-refractivity contribution in [3.63, 3.8) is 0 Å². The maximum Gasteiger partial charge on any atom is 0.267 e. The minimum atomic E-state index is -0.260. The Balaban J connectivity index is 1.65. The highest BCUT2D eigenvalue weighted by Gasteiger charge is 2.19. The maximum absolute atomic E-state index is 12.6. The number of fused-ring (bicyclic) bond motifs is 3. The first kappa shape index (κ1) is 16.4. The van der Waals surface area contributed by atoms with E-state index in [1.807, 2.05) is 36.6 Å². The van der Waals surface area contributed by atoms with E-state index in [4.69, 9.17) is 4.52 Å². The van der Waals surface area contributed by atoms with E-state index in [0.717, 1.165) is 29.6 Å². The molecule has 0 saturated carbocycles. The fourth-order valence-corrected chi connectivity index (χ4v) is 3.16. The van der Waals surface area contributed by atoms with Gasteiger partial charge in [-0.3, -0.25) is 9.59 Å². The second-order valence-corrected chi connectivity index (χ2v) is 6.79. The molecule has 4 rings (SSSR count). The number of aromatic nitrogens is 2. The first-order chi connectivity index (χ1) is 12.5. The van der Waals surface area contributed by atoms with E-state index in [1.54, 1.807) is 12.1 Å². The van der Waals surface area contributed by atoms with Crippen LogP contribution < -0.4 is 10.6 Å². The van der Waals surface area contributed by atoms with Crippen LogP contribution >= 0.6 is 0 Å². The van der Waals surface area contributed by atoms with Crippen molar-refractivity contribution in [2.24, 2.45) is 0 Å². The van der Waals surface area contributed by atoms with Crippen LogP contribution in [0.4, 0.5) is 5.82 Å². The fraction of sp³-hybridized carbons (Fsp3) is 0.316. The summed E-state index contributed by atoms with van der Waals surface area (Å²) in [5.74, 6) is 0.982. The minimum absolute atomic E-state index is 0.0755. The number of amides is 2. The van der Waals surface area contributed by atoms with Crippen LogP contribution in [-0.4, -0.2) is 28.1 Å². The Kier molecular flexibility index (Phi) is 3.99. The molecule has 3 heterocycles. The highest BCUT2D eigenvalue weighted by molar-refractivity contribution is 6.07. The van der Waals surface area contributed by atoms with Gasteiger partial charge in [0.15, 0.2) is 5.82 Å². The van der Waals surface area contributed by atoms with Crippen molar-refractivity contribution >= 4 is 28.5 Å². The molecule has 1 aliphatic rings. The molecular weight excluding hydrogens is 332 g/mol. The monoisotopic (exact) mass is 352 g/mol. The van der Waals surface area contributed by atoms with Crippen LogP contribution in [0.3, 0.4) is 0 Å². The molecule has 1 aromatic carbocycles. The van der Waals surface area contributed by atoms with E-state index < -0.39 is 0 Å². The lowest BCUT2D eigenvalue weighted by molar-refractivity contribution is 0.0950. The Morgan fingerprint density at radius 3 is 2.92 bits per heavy atom. The number of nitrogens with one attached hydrogen (secondary N) is 2. The Morgan fingerprint density at radius 1 is 1.31 bits per heavy atom. The van der Waals surface area contributed by atoms with Crippen molar-refractivity contribution in [1.29, 1.82) is 0 Å². The predicted molar refractivity (Wildman–Crippen MR) is 97.4 cm³/mol. The lowest BCUT2D eigenvalue weighted by atomic mass is 10.1. The Hall–Kier alpha value is -3.09. The molecule has 0 fully saturated rings. The molecule has 2 amide bonds. The zero-order valence-electron chi connectivity index (χ0n) is 14.7. The van der Waals surface area contributed by atoms with Gasteiger partial charge >= 0.3 is 0 Å². The highest BCUT2D eigenvalue weighted by Crippen LogP contribution is 2.24. The largest absolute Gasteiger partial charge is 0.359 e. The van der Waals surface area contributed by atoms with Gasteiger partial charge in [-0.15, -0.1) is 0 Å². The molecule has 0 bridgehead atoms. The lowest BCUT2D eigenvalue weighted by Crippen LogP contribution is -2.22. The van der Waals surface area contributed by atoms with Crippen molar-refractivity contribution < 1.29 is 14.1 Å². The molecule has 2 aromatic heterocycles. The van der Waals surface area contributed by atoms with Crippen LogP contribution in [0.5, 0.6) is 0 Å². The summed E-state index contributed by atoms with van der Waals surface area (Å²) in [5, 5.41) is 10.5. The summed E-state index contributed by atoms with van der Waals surface area (Å²) in [5.41, 5.74) is 2.03. The molecule has 0 unspecified atom stereocenters. The van der Waals surface area contributed by atoms with Gasteiger partial charge in [0.2, 0.25) is 0 Å². The summed E-state index contributed by atoms with van der Waals surface area (Å²) in [6, 6.07) is 9.02. The molecule has 0 aliphatic carbocycles. The normalized spacial score (nSPS) is 14.2. The first-order valence-electron chi connectivity index (χ1n) is 8.72. The zero-order chi connectivity index (χ0) is 18.3. The third-order valence-corrected chi connectivity index (χ3v) is 4.58. The number of hydrogen-bond acceptors (Lipinski definition) is 4. The molecule has 7 heteroatoms. The first-order valence-corrected chi connectivity index (χ1v) is 8.72. The van der Waals surface area contributed by atoms with Gasteiger partial charge < -0.3 is 19.7 Å². The number of aryl methyl sites for hydroxylation is 1. The number of nitrogens with zero attached hydrogens (tertiary/aromatic N) is 2. The topological polar surface area (TPSA) is 89.2 Å². The third kappa shape index (κ3) is 2.85. The molecule has 0 spiro atoms. The molecule has 0 atom stereocenters. The van der Waals surface area contributed by atoms with Gasteiger partial charge in [0.05, 0.1) is 0 Å². The van der Waals surface area contributed by atoms with Gasteiger partial charge in [0.25, 0.3) is 11.8 Å². The SMILES string of the molecule is CC(C)c1cc(NC(=O)c2ccc3cc4n(c3c2)CCCNC4=O)no1. The van der Waals surface area contributed by atoms with Gasteiger partial charge in [0, 0.05) is 41.5 Å². The van der Waals surface area contributed by atoms with Crippen molar-refractivity contribution in [2.75, 3.05) is 11.9 Å². The molecule has 26 heavy (non-hydrogen) atoms. The van der Waals surface area contributed by atoms with Gasteiger partial charge in [-0.1, -0.05) is 25.1 Å². The average Bonchev–Trinajstić information content (AvgIpc) is 3.18. The van der Waals surface area contributed by atoms with Gasteiger partial charge in [-0.2, -0.15) is 0 Å². The number of rotatable bonds is 3. The highest BCUT2D eigenvalue weighted by atomic mass is 16.5. The number of anilines is 1. The summed E-state index contributed by atoms with van der Waals surface area (Å²) >= 11 is 0. The van der Waals surface area contributed by atoms with Crippen LogP contribution in [0.2, 0.25) is 0 Å². The quantitative estimate of drug-likeness (QED) is 0.758. The second-order valence-electron chi connectivity index (χ2n) is 6.79. The zero-order valence-corrected chi connectivity index (χ0v) is 14.7. The molecule has 7 nitrogen and oxygen atoms in total. The van der Waals surface area contributed by atoms with E-state index in [0.29, 0.717) is 23.6 Å². The molecule has 3 aromatic rings. The van der Waals surface area contributed by atoms with Crippen LogP contribution in [0.25, 0.3) is 10.9 Å². The van der Waals surface area contributed by atoms with Gasteiger partial charge in [-0.05, 0) is 24.6 Å². The van der Waals surface area contributed by atoms with Crippen LogP contribution in [0.1, 0.15) is 52.8 Å². The van der Waals surface area contributed by atoms with Crippen LogP contribution in [0, 0.1) is 0 Å². The number of hydrogen-bond donors (Lipinski definition) is 2. The van der Waals surface area contributed by atoms with Crippen molar-refractivity contribution in [3.8, 4) is 0 Å². The van der Waals surface area contributed by atoms with E-state index in [2.05, 4.69) is 15.8 Å². The molecule has 1 aliphatic heterocycles. The summed E-state index contributed by atoms with van der Waals surface area (Å²) in [6.45, 7) is 5.39. The smallest absolute Gasteiger partial charge is 0.267 e. The number of carbonyl (C=O) groups is 2. The lowest BCUT2D eigenvalue weighted by Gasteiger charge is -2.06. The maximum atomic E-state index is 12.6. The minimum Gasteiger partial charge on any atom is -0.359 e. The average molecular weight is 352 g/mol. The van der Waals surface area contributed by atoms with Crippen LogP contribution in [0.15, 0.2) is 34.9 Å². The van der Waals surface area contributed by atoms with E-state index in [1.165, 1.54) is 0 Å². The van der Waals surface area contributed by atoms with E-state index in [-0.39, 0.29) is 17.7 Å². The summed E-state index contributed by atoms with van der Waals surface area (Å²) < 4.78 is 7.18. The molecule has 134 valence electrons.